The molecule has 1 aliphatic carbocycles. The predicted octanol–water partition coefficient (Wildman–Crippen LogP) is 4.40. The number of thiophene rings is 1. The molecule has 5 rings (SSSR count). The fourth-order valence-electron chi connectivity index (χ4n) is 4.24. The molecule has 0 spiro atoms. The lowest BCUT2D eigenvalue weighted by atomic mass is 9.87. The lowest BCUT2D eigenvalue weighted by Gasteiger charge is -2.25. The third kappa shape index (κ3) is 4.05. The van der Waals surface area contributed by atoms with Gasteiger partial charge in [0.1, 0.15) is 4.70 Å². The second-order valence-corrected chi connectivity index (χ2v) is 10.3. The van der Waals surface area contributed by atoms with E-state index in [-0.39, 0.29) is 17.4 Å². The lowest BCUT2D eigenvalue weighted by molar-refractivity contribution is -0.128. The second kappa shape index (κ2) is 8.55. The summed E-state index contributed by atoms with van der Waals surface area (Å²) in [5.41, 5.74) is 1.98. The van der Waals surface area contributed by atoms with E-state index in [9.17, 15) is 9.59 Å². The Bertz CT molecular complexity index is 1100. The molecule has 0 radical (unpaired) electrons. The molecule has 5 nitrogen and oxygen atoms in total. The molecular weight excluding hydrogens is 414 g/mol. The highest BCUT2D eigenvalue weighted by atomic mass is 32.2. The number of nitrogens with zero attached hydrogens (tertiary/aromatic N) is 3. The minimum Gasteiger partial charge on any atom is -0.338 e. The first-order valence-electron chi connectivity index (χ1n) is 10.6. The quantitative estimate of drug-likeness (QED) is 0.404. The van der Waals surface area contributed by atoms with Gasteiger partial charge in [0, 0.05) is 37.7 Å². The topological polar surface area (TPSA) is 55.2 Å². The van der Waals surface area contributed by atoms with E-state index in [1.54, 1.807) is 11.8 Å². The van der Waals surface area contributed by atoms with Crippen LogP contribution in [-0.4, -0.2) is 32.7 Å². The molecule has 3 heterocycles. The maximum absolute atomic E-state index is 13.2. The summed E-state index contributed by atoms with van der Waals surface area (Å²) < 4.78 is 2.56. The molecule has 1 unspecified atom stereocenters. The largest absolute Gasteiger partial charge is 0.338 e. The molecule has 7 heteroatoms. The normalized spacial score (nSPS) is 19.5. The van der Waals surface area contributed by atoms with Crippen LogP contribution in [0.15, 0.2) is 51.7 Å². The van der Waals surface area contributed by atoms with Crippen molar-refractivity contribution in [2.75, 3.05) is 12.3 Å². The van der Waals surface area contributed by atoms with E-state index in [1.807, 2.05) is 39.1 Å². The van der Waals surface area contributed by atoms with Crippen molar-refractivity contribution in [2.24, 2.45) is 11.8 Å². The molecule has 1 aromatic carbocycles. The zero-order chi connectivity index (χ0) is 20.5. The number of carbonyl (C=O) groups excluding carboxylic acids is 1. The molecule has 1 saturated heterocycles. The Labute approximate surface area is 184 Å². The highest BCUT2D eigenvalue weighted by molar-refractivity contribution is 7.99. The lowest BCUT2D eigenvalue weighted by Crippen LogP contribution is -2.28. The molecule has 2 fully saturated rings. The van der Waals surface area contributed by atoms with Gasteiger partial charge in [0.05, 0.1) is 5.52 Å². The van der Waals surface area contributed by atoms with Gasteiger partial charge in [0.25, 0.3) is 5.56 Å². The third-order valence-electron chi connectivity index (χ3n) is 6.16. The summed E-state index contributed by atoms with van der Waals surface area (Å²) in [6.45, 7) is 1.88. The van der Waals surface area contributed by atoms with Crippen molar-refractivity contribution >= 4 is 39.2 Å². The number of fused-ring (bicyclic) bond motifs is 1. The summed E-state index contributed by atoms with van der Waals surface area (Å²) >= 11 is 3.16. The minimum atomic E-state index is 0.0417. The number of rotatable bonds is 7. The molecule has 0 N–H and O–H groups in total. The van der Waals surface area contributed by atoms with Gasteiger partial charge >= 0.3 is 0 Å². The van der Waals surface area contributed by atoms with Crippen molar-refractivity contribution < 1.29 is 4.79 Å². The summed E-state index contributed by atoms with van der Waals surface area (Å²) in [6, 6.07) is 12.0. The van der Waals surface area contributed by atoms with Crippen molar-refractivity contribution in [2.45, 2.75) is 43.9 Å². The van der Waals surface area contributed by atoms with Gasteiger partial charge in [-0.3, -0.25) is 14.2 Å². The van der Waals surface area contributed by atoms with Crippen molar-refractivity contribution in [3.05, 3.63) is 57.7 Å². The van der Waals surface area contributed by atoms with Gasteiger partial charge in [-0.25, -0.2) is 4.98 Å². The van der Waals surface area contributed by atoms with Crippen molar-refractivity contribution in [1.29, 1.82) is 0 Å². The van der Waals surface area contributed by atoms with Crippen molar-refractivity contribution in [3.63, 3.8) is 0 Å². The number of thioether (sulfide) groups is 1. The first-order valence-corrected chi connectivity index (χ1v) is 12.5. The van der Waals surface area contributed by atoms with E-state index in [4.69, 9.17) is 4.98 Å². The third-order valence-corrected chi connectivity index (χ3v) is 8.25. The molecule has 0 bridgehead atoms. The summed E-state index contributed by atoms with van der Waals surface area (Å²) in [5, 5.41) is 2.75. The van der Waals surface area contributed by atoms with Crippen molar-refractivity contribution in [1.82, 2.24) is 14.5 Å². The average molecular weight is 440 g/mol. The molecule has 30 heavy (non-hydrogen) atoms. The Hall–Kier alpha value is -2.12. The average Bonchev–Trinajstić information content (AvgIpc) is 3.31. The summed E-state index contributed by atoms with van der Waals surface area (Å²) in [5.74, 6) is 2.08. The van der Waals surface area contributed by atoms with Gasteiger partial charge in [-0.1, -0.05) is 48.5 Å². The van der Waals surface area contributed by atoms with E-state index < -0.39 is 0 Å². The highest BCUT2D eigenvalue weighted by Gasteiger charge is 2.31. The standard InChI is InChI=1S/C23H25N3O2S2/c27-20-11-18(13-25(20)12-16-5-2-1-3-6-16)14-26-22(28)21-19(9-10-29-21)24-23(26)30-15-17-7-4-8-17/h1-3,5-6,9-10,17-18H,4,7-8,11-15H2. The fourth-order valence-corrected chi connectivity index (χ4v) is 6.21. The van der Waals surface area contributed by atoms with Crippen LogP contribution in [0.3, 0.4) is 0 Å². The Morgan fingerprint density at radius 3 is 2.70 bits per heavy atom. The number of aromatic nitrogens is 2. The van der Waals surface area contributed by atoms with Crippen LogP contribution in [0, 0.1) is 11.8 Å². The summed E-state index contributed by atoms with van der Waals surface area (Å²) in [4.78, 5) is 32.5. The zero-order valence-corrected chi connectivity index (χ0v) is 18.5. The second-order valence-electron chi connectivity index (χ2n) is 8.38. The predicted molar refractivity (Wildman–Crippen MR) is 122 cm³/mol. The van der Waals surface area contributed by atoms with E-state index in [2.05, 4.69) is 12.1 Å². The van der Waals surface area contributed by atoms with Crippen LogP contribution in [0.5, 0.6) is 0 Å². The van der Waals surface area contributed by atoms with Crippen LogP contribution >= 0.6 is 23.1 Å². The van der Waals surface area contributed by atoms with Gasteiger partial charge in [0.15, 0.2) is 5.16 Å². The summed E-state index contributed by atoms with van der Waals surface area (Å²) in [6.07, 6.45) is 4.37. The summed E-state index contributed by atoms with van der Waals surface area (Å²) in [7, 11) is 0. The van der Waals surface area contributed by atoms with Gasteiger partial charge in [-0.2, -0.15) is 0 Å². The molecule has 2 aliphatic rings. The smallest absolute Gasteiger partial charge is 0.272 e. The van der Waals surface area contributed by atoms with Gasteiger partial charge in [-0.05, 0) is 35.8 Å². The van der Waals surface area contributed by atoms with E-state index in [0.717, 1.165) is 27.9 Å². The van der Waals surface area contributed by atoms with Crippen LogP contribution in [0.25, 0.3) is 10.2 Å². The highest BCUT2D eigenvalue weighted by Crippen LogP contribution is 2.33. The number of hydrogen-bond acceptors (Lipinski definition) is 5. The molecule has 1 aliphatic heterocycles. The number of hydrogen-bond donors (Lipinski definition) is 0. The van der Waals surface area contributed by atoms with Gasteiger partial charge < -0.3 is 4.90 Å². The minimum absolute atomic E-state index is 0.0417. The number of carbonyl (C=O) groups is 1. The first-order chi connectivity index (χ1) is 14.7. The molecule has 1 atom stereocenters. The Morgan fingerprint density at radius 1 is 1.10 bits per heavy atom. The number of likely N-dealkylation sites (tertiary alicyclic amines) is 1. The van der Waals surface area contributed by atoms with Crippen LogP contribution in [0.4, 0.5) is 0 Å². The molecule has 156 valence electrons. The Morgan fingerprint density at radius 2 is 1.93 bits per heavy atom. The maximum atomic E-state index is 13.2. The SMILES string of the molecule is O=C1CC(Cn2c(SCC3CCC3)nc3ccsc3c2=O)CN1Cc1ccccc1. The molecule has 3 aromatic rings. The molecular formula is C23H25N3O2S2. The van der Waals surface area contributed by atoms with Gasteiger partial charge in [-0.15, -0.1) is 11.3 Å². The maximum Gasteiger partial charge on any atom is 0.272 e. The number of benzene rings is 1. The van der Waals surface area contributed by atoms with Crippen LogP contribution in [0.2, 0.25) is 0 Å². The van der Waals surface area contributed by atoms with E-state index in [1.165, 1.54) is 30.6 Å². The van der Waals surface area contributed by atoms with Gasteiger partial charge in [0.2, 0.25) is 5.91 Å². The van der Waals surface area contributed by atoms with E-state index >= 15 is 0 Å². The monoisotopic (exact) mass is 439 g/mol. The molecule has 2 aromatic heterocycles. The Kier molecular flexibility index (Phi) is 5.65. The fraction of sp³-hybridized carbons (Fsp3) is 0.435. The number of amides is 1. The molecule has 1 amide bonds. The first kappa shape index (κ1) is 19.8. The van der Waals surface area contributed by atoms with Crippen LogP contribution in [0.1, 0.15) is 31.2 Å². The van der Waals surface area contributed by atoms with Crippen LogP contribution in [-0.2, 0) is 17.9 Å². The van der Waals surface area contributed by atoms with Crippen molar-refractivity contribution in [3.8, 4) is 0 Å². The van der Waals surface area contributed by atoms with Crippen LogP contribution < -0.4 is 5.56 Å². The van der Waals surface area contributed by atoms with E-state index in [0.29, 0.717) is 30.8 Å². The molecule has 1 saturated carbocycles. The Balaban J connectivity index is 1.35. The zero-order valence-electron chi connectivity index (χ0n) is 16.8.